The zero-order chi connectivity index (χ0) is 24.9. The molecule has 0 spiro atoms. The number of hydrogen-bond acceptors (Lipinski definition) is 6. The molecule has 0 aliphatic heterocycles. The number of hydrazine groups is 1. The predicted molar refractivity (Wildman–Crippen MR) is 131 cm³/mol. The average molecular weight is 499 g/mol. The summed E-state index contributed by atoms with van der Waals surface area (Å²) in [6, 6.07) is 15.6. The zero-order valence-electron chi connectivity index (χ0n) is 19.3. The van der Waals surface area contributed by atoms with Gasteiger partial charge in [-0.2, -0.15) is 4.31 Å². The van der Waals surface area contributed by atoms with Crippen LogP contribution in [0.4, 0.5) is 0 Å². The van der Waals surface area contributed by atoms with Crippen molar-refractivity contribution in [1.29, 1.82) is 0 Å². The number of carbonyl (C=O) groups is 2. The summed E-state index contributed by atoms with van der Waals surface area (Å²) in [6.07, 6.45) is 1.59. The molecule has 0 radical (unpaired) electrons. The summed E-state index contributed by atoms with van der Waals surface area (Å²) in [5.41, 5.74) is 8.02. The summed E-state index contributed by atoms with van der Waals surface area (Å²) < 4.78 is 26.2. The first-order valence-electron chi connectivity index (χ1n) is 10.4. The van der Waals surface area contributed by atoms with Crippen molar-refractivity contribution < 1.29 is 18.0 Å². The van der Waals surface area contributed by atoms with Gasteiger partial charge in [0.2, 0.25) is 10.0 Å². The molecule has 0 aliphatic carbocycles. The quantitative estimate of drug-likeness (QED) is 0.484. The van der Waals surface area contributed by atoms with Gasteiger partial charge in [0.1, 0.15) is 5.03 Å². The average Bonchev–Trinajstić information content (AvgIpc) is 2.80. The Morgan fingerprint density at radius 3 is 2.32 bits per heavy atom. The molecule has 10 heteroatoms. The summed E-state index contributed by atoms with van der Waals surface area (Å²) in [4.78, 5) is 30.4. The second kappa shape index (κ2) is 10.8. The van der Waals surface area contributed by atoms with Crippen LogP contribution in [0.5, 0.6) is 0 Å². The molecule has 0 bridgehead atoms. The maximum absolute atomic E-state index is 12.7. The minimum atomic E-state index is -3.84. The standard InChI is InChI=1S/C24H26N4O4S2/c1-16-7-10-19(11-8-16)34(31,32)28(4)15-22(29)26-27-23(30)20-6-5-13-25-24(20)33-21-12-9-17(2)14-18(21)3/h5-14H,15H2,1-4H3,(H,26,29)(H,27,30). The molecule has 34 heavy (non-hydrogen) atoms. The number of aryl methyl sites for hydroxylation is 3. The number of pyridine rings is 1. The first-order chi connectivity index (χ1) is 16.1. The lowest BCUT2D eigenvalue weighted by Crippen LogP contribution is -2.46. The van der Waals surface area contributed by atoms with Crippen LogP contribution in [-0.4, -0.2) is 43.1 Å². The minimum Gasteiger partial charge on any atom is -0.272 e. The molecular formula is C24H26N4O4S2. The van der Waals surface area contributed by atoms with Crippen molar-refractivity contribution in [2.75, 3.05) is 13.6 Å². The van der Waals surface area contributed by atoms with Crippen molar-refractivity contribution >= 4 is 33.6 Å². The fourth-order valence-electron chi connectivity index (χ4n) is 3.07. The van der Waals surface area contributed by atoms with Gasteiger partial charge in [-0.1, -0.05) is 47.2 Å². The summed E-state index contributed by atoms with van der Waals surface area (Å²) in [5.74, 6) is -1.24. The lowest BCUT2D eigenvalue weighted by molar-refractivity contribution is -0.121. The molecule has 1 heterocycles. The van der Waals surface area contributed by atoms with E-state index < -0.39 is 28.4 Å². The number of amides is 2. The van der Waals surface area contributed by atoms with Gasteiger partial charge in [0.05, 0.1) is 17.0 Å². The Labute approximate surface area is 203 Å². The number of aromatic nitrogens is 1. The van der Waals surface area contributed by atoms with Crippen LogP contribution in [0.1, 0.15) is 27.0 Å². The number of carbonyl (C=O) groups excluding carboxylic acids is 2. The highest BCUT2D eigenvalue weighted by Gasteiger charge is 2.23. The van der Waals surface area contributed by atoms with Crippen LogP contribution in [0.25, 0.3) is 0 Å². The first kappa shape index (κ1) is 25.4. The van der Waals surface area contributed by atoms with Crippen molar-refractivity contribution in [1.82, 2.24) is 20.1 Å². The molecule has 0 fully saturated rings. The van der Waals surface area contributed by atoms with Crippen LogP contribution >= 0.6 is 11.8 Å². The largest absolute Gasteiger partial charge is 0.272 e. The van der Waals surface area contributed by atoms with E-state index in [1.54, 1.807) is 30.5 Å². The molecule has 2 amide bonds. The van der Waals surface area contributed by atoms with Gasteiger partial charge in [-0.25, -0.2) is 13.4 Å². The summed E-state index contributed by atoms with van der Waals surface area (Å²) in [6.45, 7) is 5.38. The van der Waals surface area contributed by atoms with E-state index in [9.17, 15) is 18.0 Å². The Hall–Kier alpha value is -3.21. The van der Waals surface area contributed by atoms with Crippen LogP contribution in [0, 0.1) is 20.8 Å². The van der Waals surface area contributed by atoms with E-state index in [1.807, 2.05) is 39.0 Å². The third-order valence-electron chi connectivity index (χ3n) is 4.96. The Balaban J connectivity index is 1.63. The molecule has 0 saturated carbocycles. The summed E-state index contributed by atoms with van der Waals surface area (Å²) in [7, 11) is -2.54. The van der Waals surface area contributed by atoms with Gasteiger partial charge in [0, 0.05) is 18.1 Å². The number of benzene rings is 2. The van der Waals surface area contributed by atoms with E-state index in [0.29, 0.717) is 5.03 Å². The number of sulfonamides is 1. The van der Waals surface area contributed by atoms with Crippen LogP contribution in [0.15, 0.2) is 75.6 Å². The van der Waals surface area contributed by atoms with Gasteiger partial charge in [-0.15, -0.1) is 0 Å². The number of nitrogens with zero attached hydrogens (tertiary/aromatic N) is 2. The third kappa shape index (κ3) is 6.22. The van der Waals surface area contributed by atoms with Crippen molar-refractivity contribution in [3.63, 3.8) is 0 Å². The SMILES string of the molecule is Cc1ccc(S(=O)(=O)N(C)CC(=O)NNC(=O)c2cccnc2Sc2ccc(C)cc2C)cc1. The third-order valence-corrected chi connectivity index (χ3v) is 7.98. The van der Waals surface area contributed by atoms with E-state index in [2.05, 4.69) is 15.8 Å². The molecule has 0 unspecified atom stereocenters. The molecule has 3 rings (SSSR count). The second-order valence-corrected chi connectivity index (χ2v) is 10.9. The monoisotopic (exact) mass is 498 g/mol. The topological polar surface area (TPSA) is 108 Å². The highest BCUT2D eigenvalue weighted by atomic mass is 32.2. The highest BCUT2D eigenvalue weighted by Crippen LogP contribution is 2.31. The van der Waals surface area contributed by atoms with E-state index in [-0.39, 0.29) is 10.5 Å². The van der Waals surface area contributed by atoms with E-state index in [0.717, 1.165) is 25.9 Å². The lowest BCUT2D eigenvalue weighted by Gasteiger charge is -2.17. The maximum atomic E-state index is 12.7. The molecule has 0 aliphatic rings. The van der Waals surface area contributed by atoms with E-state index >= 15 is 0 Å². The van der Waals surface area contributed by atoms with Gasteiger partial charge in [0.25, 0.3) is 11.8 Å². The fraction of sp³-hybridized carbons (Fsp3) is 0.208. The molecule has 178 valence electrons. The van der Waals surface area contributed by atoms with Gasteiger partial charge >= 0.3 is 0 Å². The fourth-order valence-corrected chi connectivity index (χ4v) is 5.15. The number of rotatable bonds is 7. The van der Waals surface area contributed by atoms with Crippen LogP contribution in [0.3, 0.4) is 0 Å². The van der Waals surface area contributed by atoms with E-state index in [1.165, 1.54) is 30.9 Å². The Morgan fingerprint density at radius 2 is 1.65 bits per heavy atom. The van der Waals surface area contributed by atoms with Crippen molar-refractivity contribution in [2.24, 2.45) is 0 Å². The molecule has 2 aromatic carbocycles. The summed E-state index contributed by atoms with van der Waals surface area (Å²) >= 11 is 1.35. The Morgan fingerprint density at radius 1 is 0.971 bits per heavy atom. The Kier molecular flexibility index (Phi) is 8.08. The molecule has 8 nitrogen and oxygen atoms in total. The molecule has 3 aromatic rings. The number of nitrogens with one attached hydrogen (secondary N) is 2. The minimum absolute atomic E-state index is 0.0841. The molecule has 2 N–H and O–H groups in total. The van der Waals surface area contributed by atoms with Gasteiger partial charge in [0.15, 0.2) is 0 Å². The van der Waals surface area contributed by atoms with Gasteiger partial charge < -0.3 is 0 Å². The van der Waals surface area contributed by atoms with Crippen molar-refractivity contribution in [3.8, 4) is 0 Å². The van der Waals surface area contributed by atoms with E-state index in [4.69, 9.17) is 0 Å². The smallest absolute Gasteiger partial charge is 0.272 e. The van der Waals surface area contributed by atoms with Crippen molar-refractivity contribution in [2.45, 2.75) is 35.6 Å². The second-order valence-electron chi connectivity index (χ2n) is 7.80. The van der Waals surface area contributed by atoms with Crippen molar-refractivity contribution in [3.05, 3.63) is 83.0 Å². The molecule has 1 aromatic heterocycles. The van der Waals surface area contributed by atoms with Crippen LogP contribution in [-0.2, 0) is 14.8 Å². The normalized spacial score (nSPS) is 11.3. The predicted octanol–water partition coefficient (Wildman–Crippen LogP) is 3.24. The van der Waals surface area contributed by atoms with Crippen LogP contribution < -0.4 is 10.9 Å². The zero-order valence-corrected chi connectivity index (χ0v) is 21.0. The molecule has 0 atom stereocenters. The Bertz CT molecular complexity index is 1310. The first-order valence-corrected chi connectivity index (χ1v) is 12.7. The maximum Gasteiger partial charge on any atom is 0.272 e. The number of hydrogen-bond donors (Lipinski definition) is 2. The lowest BCUT2D eigenvalue weighted by atomic mass is 10.2. The van der Waals surface area contributed by atoms with Gasteiger partial charge in [-0.3, -0.25) is 20.4 Å². The number of likely N-dealkylation sites (N-methyl/N-ethyl adjacent to an activating group) is 1. The molecule has 0 saturated heterocycles. The van der Waals surface area contributed by atoms with Gasteiger partial charge in [-0.05, 0) is 56.7 Å². The highest BCUT2D eigenvalue weighted by molar-refractivity contribution is 7.99. The molecular weight excluding hydrogens is 472 g/mol. The van der Waals surface area contributed by atoms with Crippen LogP contribution in [0.2, 0.25) is 0 Å². The summed E-state index contributed by atoms with van der Waals surface area (Å²) in [5, 5.41) is 0.486.